The second-order valence-electron chi connectivity index (χ2n) is 6.43. The summed E-state index contributed by atoms with van der Waals surface area (Å²) in [5.41, 5.74) is 4.17. The van der Waals surface area contributed by atoms with Crippen LogP contribution in [0.25, 0.3) is 0 Å². The molecule has 0 aromatic heterocycles. The summed E-state index contributed by atoms with van der Waals surface area (Å²) in [6.45, 7) is 6.27. The molecular weight excluding hydrogens is 218 g/mol. The first-order valence-electron chi connectivity index (χ1n) is 7.95. The molecule has 0 radical (unpaired) electrons. The number of hydrogen-bond acceptors (Lipinski definition) is 1. The fourth-order valence-electron chi connectivity index (χ4n) is 4.34. The summed E-state index contributed by atoms with van der Waals surface area (Å²) in [4.78, 5) is 2.67. The molecular formula is C17H27N. The minimum atomic E-state index is 0.578. The van der Waals surface area contributed by atoms with Gasteiger partial charge in [0.25, 0.3) is 0 Å². The minimum absolute atomic E-state index is 0.578. The highest BCUT2D eigenvalue weighted by Gasteiger charge is 2.39. The summed E-state index contributed by atoms with van der Waals surface area (Å²) in [5.74, 6) is 0. The molecule has 1 fully saturated rings. The van der Waals surface area contributed by atoms with Crippen LogP contribution < -0.4 is 0 Å². The van der Waals surface area contributed by atoms with Crippen LogP contribution in [0.4, 0.5) is 0 Å². The molecule has 0 unspecified atom stereocenters. The maximum atomic E-state index is 2.67. The topological polar surface area (TPSA) is 3.24 Å². The van der Waals surface area contributed by atoms with Gasteiger partial charge in [0.2, 0.25) is 0 Å². The van der Waals surface area contributed by atoms with Crippen LogP contribution in [0.2, 0.25) is 0 Å². The van der Waals surface area contributed by atoms with E-state index in [1.807, 2.05) is 5.57 Å². The molecule has 1 spiro atoms. The molecule has 18 heavy (non-hydrogen) atoms. The van der Waals surface area contributed by atoms with Crippen LogP contribution in [0.5, 0.6) is 0 Å². The Hall–Kier alpha value is -0.560. The first-order valence-corrected chi connectivity index (χ1v) is 7.95. The fraction of sp³-hybridized carbons (Fsp3) is 0.765. The van der Waals surface area contributed by atoms with Gasteiger partial charge in [0.15, 0.2) is 0 Å². The Morgan fingerprint density at radius 1 is 1.17 bits per heavy atom. The Kier molecular flexibility index (Phi) is 3.61. The molecule has 0 bridgehead atoms. The van der Waals surface area contributed by atoms with Crippen LogP contribution in [0.15, 0.2) is 23.3 Å². The van der Waals surface area contributed by atoms with Gasteiger partial charge in [-0.05, 0) is 82.0 Å². The zero-order chi connectivity index (χ0) is 12.4. The molecule has 0 aromatic rings. The Morgan fingerprint density at radius 3 is 2.78 bits per heavy atom. The van der Waals surface area contributed by atoms with E-state index in [-0.39, 0.29) is 0 Å². The molecule has 0 aromatic carbocycles. The Balaban J connectivity index is 1.77. The summed E-state index contributed by atoms with van der Waals surface area (Å²) < 4.78 is 0. The number of allylic oxidation sites excluding steroid dienone is 4. The fourth-order valence-corrected chi connectivity index (χ4v) is 4.34. The van der Waals surface area contributed by atoms with Crippen molar-refractivity contribution in [2.75, 3.05) is 19.6 Å². The summed E-state index contributed by atoms with van der Waals surface area (Å²) in [5, 5.41) is 0. The minimum Gasteiger partial charge on any atom is -0.303 e. The summed E-state index contributed by atoms with van der Waals surface area (Å²) in [6, 6.07) is 0. The van der Waals surface area contributed by atoms with Crippen LogP contribution in [0.1, 0.15) is 58.3 Å². The van der Waals surface area contributed by atoms with Gasteiger partial charge < -0.3 is 4.90 Å². The van der Waals surface area contributed by atoms with E-state index in [0.717, 1.165) is 0 Å². The zero-order valence-corrected chi connectivity index (χ0v) is 11.9. The second kappa shape index (κ2) is 5.21. The standard InChI is InChI=1S/C17H27N/c1-2-12-18-13-10-17(11-14-18)9-5-7-15-6-3-4-8-16(15)17/h4,8H,2-3,5-7,9-14H2,1H3. The van der Waals surface area contributed by atoms with Crippen molar-refractivity contribution in [1.82, 2.24) is 4.90 Å². The van der Waals surface area contributed by atoms with Gasteiger partial charge in [-0.2, -0.15) is 0 Å². The zero-order valence-electron chi connectivity index (χ0n) is 11.9. The number of rotatable bonds is 2. The van der Waals surface area contributed by atoms with E-state index in [9.17, 15) is 0 Å². The van der Waals surface area contributed by atoms with Gasteiger partial charge in [0, 0.05) is 0 Å². The highest BCUT2D eigenvalue weighted by molar-refractivity contribution is 5.37. The molecule has 3 aliphatic rings. The molecule has 1 aliphatic heterocycles. The van der Waals surface area contributed by atoms with E-state index in [2.05, 4.69) is 24.0 Å². The Labute approximate surface area is 112 Å². The Morgan fingerprint density at radius 2 is 2.00 bits per heavy atom. The van der Waals surface area contributed by atoms with Crippen molar-refractivity contribution in [3.8, 4) is 0 Å². The van der Waals surface area contributed by atoms with Crippen LogP contribution in [0, 0.1) is 5.41 Å². The normalized spacial score (nSPS) is 27.6. The molecule has 0 atom stereocenters. The van der Waals surface area contributed by atoms with Crippen molar-refractivity contribution >= 4 is 0 Å². The largest absolute Gasteiger partial charge is 0.303 e. The summed E-state index contributed by atoms with van der Waals surface area (Å²) in [6.07, 6.45) is 16.0. The summed E-state index contributed by atoms with van der Waals surface area (Å²) >= 11 is 0. The second-order valence-corrected chi connectivity index (χ2v) is 6.43. The molecule has 1 heterocycles. The number of nitrogens with zero attached hydrogens (tertiary/aromatic N) is 1. The van der Waals surface area contributed by atoms with Gasteiger partial charge in [0.05, 0.1) is 0 Å². The van der Waals surface area contributed by atoms with Gasteiger partial charge >= 0.3 is 0 Å². The molecule has 0 saturated carbocycles. The number of likely N-dealkylation sites (tertiary alicyclic amines) is 1. The van der Waals surface area contributed by atoms with E-state index < -0.39 is 0 Å². The third-order valence-electron chi connectivity index (χ3n) is 5.34. The summed E-state index contributed by atoms with van der Waals surface area (Å²) in [7, 11) is 0. The maximum absolute atomic E-state index is 2.67. The van der Waals surface area contributed by atoms with E-state index in [0.29, 0.717) is 5.41 Å². The quantitative estimate of drug-likeness (QED) is 0.700. The molecule has 1 nitrogen and oxygen atoms in total. The number of hydrogen-bond donors (Lipinski definition) is 0. The molecule has 1 heteroatoms. The molecule has 100 valence electrons. The van der Waals surface area contributed by atoms with Gasteiger partial charge in [0.1, 0.15) is 0 Å². The average molecular weight is 245 g/mol. The molecule has 2 aliphatic carbocycles. The highest BCUT2D eigenvalue weighted by Crippen LogP contribution is 2.50. The van der Waals surface area contributed by atoms with E-state index in [4.69, 9.17) is 0 Å². The lowest BCUT2D eigenvalue weighted by molar-refractivity contribution is 0.118. The van der Waals surface area contributed by atoms with Crippen molar-refractivity contribution in [3.05, 3.63) is 23.3 Å². The predicted molar refractivity (Wildman–Crippen MR) is 77.6 cm³/mol. The monoisotopic (exact) mass is 245 g/mol. The third-order valence-corrected chi connectivity index (χ3v) is 5.34. The van der Waals surface area contributed by atoms with Crippen molar-refractivity contribution in [2.24, 2.45) is 5.41 Å². The molecule has 0 amide bonds. The smallest absolute Gasteiger partial charge is 0.00102 e. The first-order chi connectivity index (χ1) is 8.84. The van der Waals surface area contributed by atoms with Crippen LogP contribution in [-0.4, -0.2) is 24.5 Å². The van der Waals surface area contributed by atoms with Gasteiger partial charge in [-0.15, -0.1) is 0 Å². The van der Waals surface area contributed by atoms with Gasteiger partial charge in [-0.25, -0.2) is 0 Å². The van der Waals surface area contributed by atoms with E-state index in [1.54, 1.807) is 5.57 Å². The molecule has 1 saturated heterocycles. The van der Waals surface area contributed by atoms with Crippen LogP contribution in [-0.2, 0) is 0 Å². The number of piperidine rings is 1. The predicted octanol–water partition coefficient (Wildman–Crippen LogP) is 4.31. The van der Waals surface area contributed by atoms with Gasteiger partial charge in [-0.1, -0.05) is 24.6 Å². The lowest BCUT2D eigenvalue weighted by atomic mass is 9.63. The lowest BCUT2D eigenvalue weighted by Crippen LogP contribution is -2.42. The van der Waals surface area contributed by atoms with Crippen LogP contribution >= 0.6 is 0 Å². The van der Waals surface area contributed by atoms with Crippen molar-refractivity contribution in [1.29, 1.82) is 0 Å². The van der Waals surface area contributed by atoms with Crippen LogP contribution in [0.3, 0.4) is 0 Å². The van der Waals surface area contributed by atoms with Gasteiger partial charge in [-0.3, -0.25) is 0 Å². The van der Waals surface area contributed by atoms with Crippen molar-refractivity contribution < 1.29 is 0 Å². The first kappa shape index (κ1) is 12.5. The number of fused-ring (bicyclic) bond motifs is 1. The van der Waals surface area contributed by atoms with Crippen molar-refractivity contribution in [3.63, 3.8) is 0 Å². The molecule has 3 rings (SSSR count). The van der Waals surface area contributed by atoms with E-state index in [1.165, 1.54) is 71.0 Å². The lowest BCUT2D eigenvalue weighted by Gasteiger charge is -2.47. The van der Waals surface area contributed by atoms with Crippen molar-refractivity contribution in [2.45, 2.75) is 58.3 Å². The SMILES string of the molecule is CCCN1CCC2(CCCC3=C2C=CCC3)CC1. The highest BCUT2D eigenvalue weighted by atomic mass is 15.1. The maximum Gasteiger partial charge on any atom is -0.00102 e. The third kappa shape index (κ3) is 2.18. The Bertz CT molecular complexity index is 356. The molecule has 0 N–H and O–H groups in total. The van der Waals surface area contributed by atoms with E-state index >= 15 is 0 Å². The average Bonchev–Trinajstić information content (AvgIpc) is 2.43.